The molecule has 1 aliphatic rings. The number of β-amino-alcohol motifs (C(OH)–C–C–N with tert-alkyl or cyclic N) is 1. The van der Waals surface area contributed by atoms with E-state index < -0.39 is 5.60 Å². The fourth-order valence-corrected chi connectivity index (χ4v) is 2.43. The van der Waals surface area contributed by atoms with Crippen molar-refractivity contribution in [1.29, 1.82) is 0 Å². The molecule has 1 fully saturated rings. The summed E-state index contributed by atoms with van der Waals surface area (Å²) in [4.78, 5) is 6.57. The molecule has 2 rings (SSSR count). The van der Waals surface area contributed by atoms with Crippen LogP contribution in [0.2, 0.25) is 0 Å². The number of aromatic nitrogens is 1. The van der Waals surface area contributed by atoms with Crippen molar-refractivity contribution in [2.24, 2.45) is 5.73 Å². The smallest absolute Gasteiger partial charge is 0.133 e. The molecule has 17 heavy (non-hydrogen) atoms. The third kappa shape index (κ3) is 2.76. The van der Waals surface area contributed by atoms with Gasteiger partial charge in [0.15, 0.2) is 0 Å². The predicted molar refractivity (Wildman–Crippen MR) is 68.9 cm³/mol. The van der Waals surface area contributed by atoms with E-state index in [0.717, 1.165) is 30.8 Å². The van der Waals surface area contributed by atoms with Crippen LogP contribution in [0.3, 0.4) is 0 Å². The zero-order valence-corrected chi connectivity index (χ0v) is 10.6. The molecule has 2 unspecified atom stereocenters. The van der Waals surface area contributed by atoms with Crippen molar-refractivity contribution in [2.45, 2.75) is 38.3 Å². The number of nitrogens with zero attached hydrogens (tertiary/aromatic N) is 2. The van der Waals surface area contributed by atoms with Crippen LogP contribution in [0, 0.1) is 0 Å². The largest absolute Gasteiger partial charge is 0.388 e. The molecule has 3 N–H and O–H groups in total. The molecule has 2 atom stereocenters. The zero-order chi connectivity index (χ0) is 12.5. The topological polar surface area (TPSA) is 62.4 Å². The normalized spacial score (nSPS) is 26.9. The molecule has 1 aromatic heterocycles. The fraction of sp³-hybridized carbons (Fsp3) is 0.615. The summed E-state index contributed by atoms with van der Waals surface area (Å²) in [7, 11) is 0. The summed E-state index contributed by atoms with van der Waals surface area (Å²) in [5.74, 6) is 0.919. The molecular formula is C13H21N3O. The lowest BCUT2D eigenvalue weighted by Crippen LogP contribution is -2.46. The van der Waals surface area contributed by atoms with Crippen LogP contribution in [0.4, 0.5) is 5.82 Å². The molecule has 0 aromatic carbocycles. The highest BCUT2D eigenvalue weighted by molar-refractivity contribution is 5.49. The highest BCUT2D eigenvalue weighted by Gasteiger charge is 2.30. The van der Waals surface area contributed by atoms with E-state index >= 15 is 0 Å². The van der Waals surface area contributed by atoms with E-state index in [9.17, 15) is 5.11 Å². The Bertz CT molecular complexity index is 390. The Balaban J connectivity index is 2.27. The number of rotatable bonds is 2. The Labute approximate surface area is 102 Å². The average Bonchev–Trinajstić information content (AvgIpc) is 2.27. The maximum atomic E-state index is 10.1. The van der Waals surface area contributed by atoms with Gasteiger partial charge in [-0.3, -0.25) is 0 Å². The van der Waals surface area contributed by atoms with Crippen molar-refractivity contribution in [2.75, 3.05) is 18.0 Å². The predicted octanol–water partition coefficient (Wildman–Crippen LogP) is 1.45. The van der Waals surface area contributed by atoms with Gasteiger partial charge in [-0.25, -0.2) is 4.98 Å². The highest BCUT2D eigenvalue weighted by atomic mass is 16.3. The number of aliphatic hydroxyl groups is 1. The molecule has 0 bridgehead atoms. The highest BCUT2D eigenvalue weighted by Crippen LogP contribution is 2.28. The Kier molecular flexibility index (Phi) is 3.35. The van der Waals surface area contributed by atoms with Crippen LogP contribution in [-0.4, -0.2) is 28.8 Å². The maximum Gasteiger partial charge on any atom is 0.133 e. The van der Waals surface area contributed by atoms with Gasteiger partial charge in [0.25, 0.3) is 0 Å². The van der Waals surface area contributed by atoms with Crippen molar-refractivity contribution >= 4 is 5.82 Å². The summed E-state index contributed by atoms with van der Waals surface area (Å²) in [5.41, 5.74) is 6.39. The second-order valence-electron chi connectivity index (χ2n) is 5.23. The summed E-state index contributed by atoms with van der Waals surface area (Å²) in [6.45, 7) is 5.41. The van der Waals surface area contributed by atoms with Crippen LogP contribution >= 0.6 is 0 Å². The number of pyridine rings is 1. The van der Waals surface area contributed by atoms with Gasteiger partial charge in [0, 0.05) is 30.9 Å². The summed E-state index contributed by atoms with van der Waals surface area (Å²) in [6, 6.07) is 3.88. The van der Waals surface area contributed by atoms with Gasteiger partial charge in [-0.1, -0.05) is 6.07 Å². The van der Waals surface area contributed by atoms with Crippen LogP contribution in [0.5, 0.6) is 0 Å². The minimum Gasteiger partial charge on any atom is -0.388 e. The minimum absolute atomic E-state index is 0.0365. The van der Waals surface area contributed by atoms with E-state index in [1.165, 1.54) is 0 Å². The molecular weight excluding hydrogens is 214 g/mol. The Hall–Kier alpha value is -1.13. The first-order chi connectivity index (χ1) is 7.99. The molecule has 94 valence electrons. The summed E-state index contributed by atoms with van der Waals surface area (Å²) in [6.07, 6.45) is 3.62. The Morgan fingerprint density at radius 1 is 1.59 bits per heavy atom. The first kappa shape index (κ1) is 12.3. The van der Waals surface area contributed by atoms with E-state index in [4.69, 9.17) is 5.73 Å². The average molecular weight is 235 g/mol. The van der Waals surface area contributed by atoms with E-state index in [1.807, 2.05) is 26.0 Å². The first-order valence-electron chi connectivity index (χ1n) is 6.17. The lowest BCUT2D eigenvalue weighted by Gasteiger charge is -2.38. The van der Waals surface area contributed by atoms with Crippen LogP contribution in [0.1, 0.15) is 38.3 Å². The third-order valence-electron chi connectivity index (χ3n) is 3.28. The van der Waals surface area contributed by atoms with E-state index in [2.05, 4.69) is 9.88 Å². The first-order valence-corrected chi connectivity index (χ1v) is 6.17. The van der Waals surface area contributed by atoms with Crippen molar-refractivity contribution in [3.05, 3.63) is 23.9 Å². The number of hydrogen-bond acceptors (Lipinski definition) is 4. The standard InChI is InChI=1S/C13H21N3O/c1-10(14)11-5-3-7-15-12(11)16-8-4-6-13(2,17)9-16/h3,5,7,10,17H,4,6,8-9,14H2,1-2H3. The van der Waals surface area contributed by atoms with Crippen LogP contribution in [-0.2, 0) is 0 Å². The van der Waals surface area contributed by atoms with Crippen LogP contribution in [0.25, 0.3) is 0 Å². The van der Waals surface area contributed by atoms with E-state index in [-0.39, 0.29) is 6.04 Å². The van der Waals surface area contributed by atoms with Gasteiger partial charge < -0.3 is 15.7 Å². The van der Waals surface area contributed by atoms with Crippen molar-refractivity contribution < 1.29 is 5.11 Å². The SMILES string of the molecule is CC(N)c1cccnc1N1CCCC(C)(O)C1. The van der Waals surface area contributed by atoms with Crippen LogP contribution in [0.15, 0.2) is 18.3 Å². The van der Waals surface area contributed by atoms with Gasteiger partial charge in [-0.05, 0) is 32.8 Å². The minimum atomic E-state index is -0.620. The summed E-state index contributed by atoms with van der Waals surface area (Å²) in [5, 5.41) is 10.1. The number of hydrogen-bond donors (Lipinski definition) is 2. The second kappa shape index (κ2) is 4.63. The lowest BCUT2D eigenvalue weighted by atomic mass is 9.94. The molecule has 4 nitrogen and oxygen atoms in total. The zero-order valence-electron chi connectivity index (χ0n) is 10.6. The van der Waals surface area contributed by atoms with Crippen molar-refractivity contribution in [3.63, 3.8) is 0 Å². The van der Waals surface area contributed by atoms with Crippen molar-refractivity contribution in [3.8, 4) is 0 Å². The van der Waals surface area contributed by atoms with Gasteiger partial charge in [-0.15, -0.1) is 0 Å². The number of nitrogens with two attached hydrogens (primary N) is 1. The summed E-state index contributed by atoms with van der Waals surface area (Å²) < 4.78 is 0. The van der Waals surface area contributed by atoms with Gasteiger partial charge in [-0.2, -0.15) is 0 Å². The van der Waals surface area contributed by atoms with E-state index in [1.54, 1.807) is 6.20 Å². The number of piperidine rings is 1. The quantitative estimate of drug-likeness (QED) is 0.814. The van der Waals surface area contributed by atoms with Gasteiger partial charge in [0.05, 0.1) is 5.60 Å². The molecule has 1 aliphatic heterocycles. The monoisotopic (exact) mass is 235 g/mol. The molecule has 0 spiro atoms. The molecule has 0 aliphatic carbocycles. The molecule has 0 amide bonds. The Morgan fingerprint density at radius 3 is 3.00 bits per heavy atom. The molecule has 0 saturated carbocycles. The van der Waals surface area contributed by atoms with E-state index in [0.29, 0.717) is 6.54 Å². The molecule has 4 heteroatoms. The van der Waals surface area contributed by atoms with Crippen molar-refractivity contribution in [1.82, 2.24) is 4.98 Å². The number of anilines is 1. The van der Waals surface area contributed by atoms with Gasteiger partial charge in [0.2, 0.25) is 0 Å². The molecule has 2 heterocycles. The Morgan fingerprint density at radius 2 is 2.35 bits per heavy atom. The molecule has 1 saturated heterocycles. The third-order valence-corrected chi connectivity index (χ3v) is 3.28. The molecule has 1 aromatic rings. The van der Waals surface area contributed by atoms with Gasteiger partial charge >= 0.3 is 0 Å². The van der Waals surface area contributed by atoms with Crippen LogP contribution < -0.4 is 10.6 Å². The second-order valence-corrected chi connectivity index (χ2v) is 5.23. The lowest BCUT2D eigenvalue weighted by molar-refractivity contribution is 0.0446. The van der Waals surface area contributed by atoms with Gasteiger partial charge in [0.1, 0.15) is 5.82 Å². The maximum absolute atomic E-state index is 10.1. The molecule has 0 radical (unpaired) electrons. The fourth-order valence-electron chi connectivity index (χ4n) is 2.43. The summed E-state index contributed by atoms with van der Waals surface area (Å²) >= 11 is 0.